The van der Waals surface area contributed by atoms with Crippen molar-refractivity contribution in [2.75, 3.05) is 0 Å². The quantitative estimate of drug-likeness (QED) is 0.791. The van der Waals surface area contributed by atoms with Gasteiger partial charge in [-0.25, -0.2) is 0 Å². The van der Waals surface area contributed by atoms with Crippen LogP contribution in [-0.2, 0) is 11.2 Å². The highest BCUT2D eigenvalue weighted by Gasteiger charge is 2.27. The van der Waals surface area contributed by atoms with Gasteiger partial charge >= 0.3 is 6.18 Å². The molecule has 0 spiro atoms. The number of aromatic nitrogens is 1. The van der Waals surface area contributed by atoms with Gasteiger partial charge in [0.05, 0.1) is 6.42 Å². The van der Waals surface area contributed by atoms with E-state index in [9.17, 15) is 13.2 Å². The molecule has 0 aliphatic heterocycles. The summed E-state index contributed by atoms with van der Waals surface area (Å²) < 4.78 is 35.1. The van der Waals surface area contributed by atoms with E-state index in [4.69, 9.17) is 9.90 Å². The molecule has 1 rings (SSSR count). The second-order valence-corrected chi connectivity index (χ2v) is 2.67. The number of carbonyl (C=O) groups is 1. The summed E-state index contributed by atoms with van der Waals surface area (Å²) in [6.07, 6.45) is -2.38. The monoisotopic (exact) mass is 221 g/mol. The van der Waals surface area contributed by atoms with Crippen molar-refractivity contribution in [3.8, 4) is 0 Å². The van der Waals surface area contributed by atoms with Crippen molar-refractivity contribution in [2.45, 2.75) is 19.5 Å². The fourth-order valence-corrected chi connectivity index (χ4v) is 0.734. The van der Waals surface area contributed by atoms with E-state index >= 15 is 0 Å². The minimum Gasteiger partial charge on any atom is -0.481 e. The van der Waals surface area contributed by atoms with Crippen molar-refractivity contribution in [3.63, 3.8) is 0 Å². The molecular formula is C9H10F3NO2. The molecule has 0 aliphatic rings. The lowest BCUT2D eigenvalue weighted by Gasteiger charge is -2.04. The molecule has 0 radical (unpaired) electrons. The summed E-state index contributed by atoms with van der Waals surface area (Å²) in [7, 11) is 0. The summed E-state index contributed by atoms with van der Waals surface area (Å²) in [6, 6.07) is 2.89. The van der Waals surface area contributed by atoms with Crippen LogP contribution in [0.25, 0.3) is 0 Å². The normalized spacial score (nSPS) is 10.1. The Bertz CT molecular complexity index is 294. The lowest BCUT2D eigenvalue weighted by atomic mass is 10.2. The fourth-order valence-electron chi connectivity index (χ4n) is 0.734. The Morgan fingerprint density at radius 3 is 2.40 bits per heavy atom. The number of alkyl halides is 3. The van der Waals surface area contributed by atoms with Crippen LogP contribution in [-0.4, -0.2) is 22.2 Å². The summed E-state index contributed by atoms with van der Waals surface area (Å²) in [5, 5.41) is 7.42. The van der Waals surface area contributed by atoms with Gasteiger partial charge < -0.3 is 5.11 Å². The molecule has 1 aromatic heterocycles. The van der Waals surface area contributed by atoms with Gasteiger partial charge in [-0.3, -0.25) is 9.78 Å². The largest absolute Gasteiger partial charge is 0.481 e. The average molecular weight is 221 g/mol. The van der Waals surface area contributed by atoms with Gasteiger partial charge in [0, 0.05) is 19.3 Å². The van der Waals surface area contributed by atoms with Crippen LogP contribution in [0.15, 0.2) is 24.5 Å². The Balaban J connectivity index is 0.000000423. The molecule has 0 saturated carbocycles. The smallest absolute Gasteiger partial charge is 0.393 e. The predicted octanol–water partition coefficient (Wildman–Crippen LogP) is 2.28. The van der Waals surface area contributed by atoms with E-state index in [1.54, 1.807) is 0 Å². The third kappa shape index (κ3) is 10.3. The Kier molecular flexibility index (Phi) is 5.36. The number of rotatable bonds is 1. The third-order valence-electron chi connectivity index (χ3n) is 1.13. The molecule has 0 amide bonds. The zero-order valence-corrected chi connectivity index (χ0v) is 7.95. The average Bonchev–Trinajstić information content (AvgIpc) is 2.01. The van der Waals surface area contributed by atoms with Gasteiger partial charge in [0.1, 0.15) is 0 Å². The van der Waals surface area contributed by atoms with Crippen molar-refractivity contribution in [1.82, 2.24) is 4.98 Å². The highest BCUT2D eigenvalue weighted by molar-refractivity contribution is 5.62. The molecule has 1 N–H and O–H groups in total. The molecule has 15 heavy (non-hydrogen) atoms. The Morgan fingerprint density at radius 1 is 1.53 bits per heavy atom. The summed E-state index contributed by atoms with van der Waals surface area (Å²) in [5.41, 5.74) is 0.194. The molecule has 6 heteroatoms. The third-order valence-corrected chi connectivity index (χ3v) is 1.13. The van der Waals surface area contributed by atoms with E-state index in [2.05, 4.69) is 4.98 Å². The lowest BCUT2D eigenvalue weighted by molar-refractivity contribution is -0.134. The summed E-state index contributed by atoms with van der Waals surface area (Å²) >= 11 is 0. The van der Waals surface area contributed by atoms with Crippen LogP contribution in [0, 0.1) is 0 Å². The maximum atomic E-state index is 11.7. The van der Waals surface area contributed by atoms with Gasteiger partial charge in [-0.05, 0) is 11.6 Å². The van der Waals surface area contributed by atoms with Crippen LogP contribution >= 0.6 is 0 Å². The van der Waals surface area contributed by atoms with Crippen LogP contribution in [0.4, 0.5) is 13.2 Å². The first-order valence-electron chi connectivity index (χ1n) is 3.96. The zero-order valence-electron chi connectivity index (χ0n) is 7.95. The number of aliphatic carboxylic acids is 1. The molecule has 3 nitrogen and oxygen atoms in total. The SMILES string of the molecule is CC(=O)O.FC(F)(F)Cc1cccnc1. The number of carboxylic acid groups (broad SMARTS) is 1. The second-order valence-electron chi connectivity index (χ2n) is 2.67. The van der Waals surface area contributed by atoms with Crippen LogP contribution < -0.4 is 0 Å². The molecule has 84 valence electrons. The number of pyridine rings is 1. The summed E-state index contributed by atoms with van der Waals surface area (Å²) in [5.74, 6) is -0.833. The van der Waals surface area contributed by atoms with Gasteiger partial charge in [0.15, 0.2) is 0 Å². The summed E-state index contributed by atoms with van der Waals surface area (Å²) in [6.45, 7) is 1.08. The van der Waals surface area contributed by atoms with E-state index in [0.717, 1.165) is 6.92 Å². The first-order chi connectivity index (χ1) is 6.81. The number of carboxylic acids is 1. The molecule has 0 saturated heterocycles. The standard InChI is InChI=1S/C7H6F3N.C2H4O2/c8-7(9,10)4-6-2-1-3-11-5-6;1-2(3)4/h1-3,5H,4H2;1H3,(H,3,4). The van der Waals surface area contributed by atoms with Crippen LogP contribution in [0.1, 0.15) is 12.5 Å². The van der Waals surface area contributed by atoms with Crippen molar-refractivity contribution in [2.24, 2.45) is 0 Å². The molecule has 0 fully saturated rings. The maximum Gasteiger partial charge on any atom is 0.393 e. The number of hydrogen-bond acceptors (Lipinski definition) is 2. The van der Waals surface area contributed by atoms with Gasteiger partial charge in [-0.15, -0.1) is 0 Å². The van der Waals surface area contributed by atoms with Gasteiger partial charge in [0.25, 0.3) is 5.97 Å². The number of nitrogens with zero attached hydrogens (tertiary/aromatic N) is 1. The van der Waals surface area contributed by atoms with E-state index < -0.39 is 18.6 Å². The van der Waals surface area contributed by atoms with Crippen molar-refractivity contribution < 1.29 is 23.1 Å². The summed E-state index contributed by atoms with van der Waals surface area (Å²) in [4.78, 5) is 12.6. The van der Waals surface area contributed by atoms with Crippen molar-refractivity contribution in [1.29, 1.82) is 0 Å². The highest BCUT2D eigenvalue weighted by Crippen LogP contribution is 2.20. The minimum atomic E-state index is -4.14. The maximum absolute atomic E-state index is 11.7. The molecule has 1 aromatic rings. The first kappa shape index (κ1) is 13.4. The predicted molar refractivity (Wildman–Crippen MR) is 47.3 cm³/mol. The highest BCUT2D eigenvalue weighted by atomic mass is 19.4. The van der Waals surface area contributed by atoms with Gasteiger partial charge in [-0.1, -0.05) is 6.07 Å². The van der Waals surface area contributed by atoms with Crippen molar-refractivity contribution >= 4 is 5.97 Å². The molecule has 0 unspecified atom stereocenters. The van der Waals surface area contributed by atoms with E-state index in [0.29, 0.717) is 0 Å². The van der Waals surface area contributed by atoms with Crippen molar-refractivity contribution in [3.05, 3.63) is 30.1 Å². The molecule has 0 aromatic carbocycles. The lowest BCUT2D eigenvalue weighted by Crippen LogP contribution is -2.11. The van der Waals surface area contributed by atoms with Gasteiger partial charge in [-0.2, -0.15) is 13.2 Å². The van der Waals surface area contributed by atoms with Crippen LogP contribution in [0.5, 0.6) is 0 Å². The number of halogens is 3. The Hall–Kier alpha value is -1.59. The van der Waals surface area contributed by atoms with Gasteiger partial charge in [0.2, 0.25) is 0 Å². The van der Waals surface area contributed by atoms with E-state index in [-0.39, 0.29) is 5.56 Å². The molecule has 0 aliphatic carbocycles. The first-order valence-corrected chi connectivity index (χ1v) is 3.96. The Morgan fingerprint density at radius 2 is 2.07 bits per heavy atom. The molecule has 0 atom stereocenters. The minimum absolute atomic E-state index is 0.194. The zero-order chi connectivity index (χ0) is 11.9. The number of hydrogen-bond donors (Lipinski definition) is 1. The van der Waals surface area contributed by atoms with Crippen LogP contribution in [0.3, 0.4) is 0 Å². The topological polar surface area (TPSA) is 50.2 Å². The Labute approximate surface area is 84.6 Å². The van der Waals surface area contributed by atoms with E-state index in [1.165, 1.54) is 24.5 Å². The van der Waals surface area contributed by atoms with E-state index in [1.807, 2.05) is 0 Å². The van der Waals surface area contributed by atoms with Crippen LogP contribution in [0.2, 0.25) is 0 Å². The molecular weight excluding hydrogens is 211 g/mol. The molecule has 1 heterocycles. The molecule has 0 bridgehead atoms. The second kappa shape index (κ2) is 6.00. The fraction of sp³-hybridized carbons (Fsp3) is 0.333.